The molecule has 0 amide bonds. The van der Waals surface area contributed by atoms with Gasteiger partial charge in [-0.25, -0.2) is 0 Å². The molecule has 208 valence electrons. The van der Waals surface area contributed by atoms with Gasteiger partial charge in [-0.15, -0.1) is 24.8 Å². The lowest BCUT2D eigenvalue weighted by molar-refractivity contribution is 0.324. The van der Waals surface area contributed by atoms with Crippen molar-refractivity contribution in [2.45, 2.75) is 25.4 Å². The standard InChI is InChI=1S/C28H35N3O5.2ClH/c1-32-23-10-6-9-22(27(23)35-4)31(21-11-14-29-15-12-21)18-19-8-7-13-30-26(19)20-16-24(33-2)28(36-5)25(17-20)34-3;;/h6-10,13,16-17,21,29H,11-12,14-15,18H2,1-5H3;2*1H. The molecule has 2 heterocycles. The SMILES string of the molecule is COc1cc(-c2ncccc2CN(c2cccc(OC)c2OC)C2CCNCC2)cc(OC)c1OC.Cl.Cl. The molecule has 10 heteroatoms. The molecule has 0 unspecified atom stereocenters. The van der Waals surface area contributed by atoms with Gasteiger partial charge in [0.2, 0.25) is 5.75 Å². The van der Waals surface area contributed by atoms with Crippen LogP contribution in [0.2, 0.25) is 0 Å². The highest BCUT2D eigenvalue weighted by atomic mass is 35.5. The lowest BCUT2D eigenvalue weighted by Gasteiger charge is -2.37. The molecule has 2 aromatic carbocycles. The highest BCUT2D eigenvalue weighted by molar-refractivity contribution is 5.85. The van der Waals surface area contributed by atoms with E-state index in [4.69, 9.17) is 28.7 Å². The Bertz CT molecular complexity index is 1150. The fourth-order valence-corrected chi connectivity index (χ4v) is 4.85. The van der Waals surface area contributed by atoms with Gasteiger partial charge in [0.1, 0.15) is 0 Å². The van der Waals surface area contributed by atoms with E-state index in [1.807, 2.05) is 36.5 Å². The van der Waals surface area contributed by atoms with Crippen molar-refractivity contribution in [1.82, 2.24) is 10.3 Å². The minimum absolute atomic E-state index is 0. The Labute approximate surface area is 237 Å². The van der Waals surface area contributed by atoms with Crippen molar-refractivity contribution in [1.29, 1.82) is 0 Å². The normalized spacial score (nSPS) is 13.0. The second kappa shape index (κ2) is 14.8. The Hall–Kier alpha value is -3.07. The fourth-order valence-electron chi connectivity index (χ4n) is 4.85. The molecule has 1 fully saturated rings. The molecule has 38 heavy (non-hydrogen) atoms. The van der Waals surface area contributed by atoms with Crippen LogP contribution >= 0.6 is 24.8 Å². The predicted molar refractivity (Wildman–Crippen MR) is 155 cm³/mol. The summed E-state index contributed by atoms with van der Waals surface area (Å²) >= 11 is 0. The predicted octanol–water partition coefficient (Wildman–Crippen LogP) is 5.39. The van der Waals surface area contributed by atoms with Gasteiger partial charge in [-0.05, 0) is 61.8 Å². The van der Waals surface area contributed by atoms with Gasteiger partial charge in [0.25, 0.3) is 0 Å². The molecule has 0 bridgehead atoms. The van der Waals surface area contributed by atoms with Gasteiger partial charge < -0.3 is 33.9 Å². The summed E-state index contributed by atoms with van der Waals surface area (Å²) in [5, 5.41) is 3.47. The number of rotatable bonds is 10. The van der Waals surface area contributed by atoms with Crippen LogP contribution in [0, 0.1) is 0 Å². The van der Waals surface area contributed by atoms with E-state index in [0.29, 0.717) is 35.6 Å². The maximum Gasteiger partial charge on any atom is 0.203 e. The smallest absolute Gasteiger partial charge is 0.203 e. The minimum atomic E-state index is 0. The zero-order valence-corrected chi connectivity index (χ0v) is 24.1. The Morgan fingerprint density at radius 3 is 2.00 bits per heavy atom. The summed E-state index contributed by atoms with van der Waals surface area (Å²) in [7, 11) is 8.20. The Morgan fingerprint density at radius 1 is 0.789 bits per heavy atom. The first kappa shape index (κ1) is 31.1. The van der Waals surface area contributed by atoms with Crippen LogP contribution in [0.4, 0.5) is 5.69 Å². The molecule has 0 aliphatic carbocycles. The van der Waals surface area contributed by atoms with Crippen LogP contribution in [0.5, 0.6) is 28.7 Å². The molecule has 1 aliphatic heterocycles. The average Bonchev–Trinajstić information content (AvgIpc) is 2.95. The topological polar surface area (TPSA) is 74.3 Å². The van der Waals surface area contributed by atoms with Crippen LogP contribution in [0.25, 0.3) is 11.3 Å². The number of hydrogen-bond acceptors (Lipinski definition) is 8. The van der Waals surface area contributed by atoms with Gasteiger partial charge in [-0.2, -0.15) is 0 Å². The molecule has 3 aromatic rings. The number of para-hydroxylation sites is 1. The molecular formula is C28H37Cl2N3O5. The van der Waals surface area contributed by atoms with Crippen LogP contribution in [-0.2, 0) is 6.54 Å². The van der Waals surface area contributed by atoms with Crippen LogP contribution < -0.4 is 33.9 Å². The van der Waals surface area contributed by atoms with Crippen molar-refractivity contribution in [3.05, 3.63) is 54.2 Å². The van der Waals surface area contributed by atoms with Crippen LogP contribution in [0.3, 0.4) is 0 Å². The average molecular weight is 567 g/mol. The van der Waals surface area contributed by atoms with Crippen molar-refractivity contribution in [2.75, 3.05) is 53.5 Å². The lowest BCUT2D eigenvalue weighted by Crippen LogP contribution is -2.43. The maximum atomic E-state index is 5.83. The number of nitrogens with one attached hydrogen (secondary N) is 1. The molecule has 0 saturated carbocycles. The Balaban J connectivity index is 0.00000253. The summed E-state index contributed by atoms with van der Waals surface area (Å²) in [5.41, 5.74) is 3.83. The Morgan fingerprint density at radius 2 is 1.42 bits per heavy atom. The number of nitrogens with zero attached hydrogens (tertiary/aromatic N) is 2. The zero-order chi connectivity index (χ0) is 25.5. The van der Waals surface area contributed by atoms with Gasteiger partial charge in [-0.3, -0.25) is 4.98 Å². The number of benzene rings is 2. The van der Waals surface area contributed by atoms with Crippen LogP contribution in [0.1, 0.15) is 18.4 Å². The summed E-state index contributed by atoms with van der Waals surface area (Å²) in [6, 6.07) is 14.3. The molecule has 1 N–H and O–H groups in total. The van der Waals surface area contributed by atoms with Crippen molar-refractivity contribution in [3.63, 3.8) is 0 Å². The van der Waals surface area contributed by atoms with Crippen LogP contribution in [0.15, 0.2) is 48.7 Å². The Kier molecular flexibility index (Phi) is 12.1. The number of ether oxygens (including phenoxy) is 5. The number of pyridine rings is 1. The third kappa shape index (κ3) is 6.49. The van der Waals surface area contributed by atoms with Crippen molar-refractivity contribution < 1.29 is 23.7 Å². The third-order valence-electron chi connectivity index (χ3n) is 6.61. The van der Waals surface area contributed by atoms with Crippen molar-refractivity contribution in [3.8, 4) is 40.0 Å². The number of halogens is 2. The number of anilines is 1. The van der Waals surface area contributed by atoms with E-state index in [1.165, 1.54) is 0 Å². The maximum absolute atomic E-state index is 5.83. The highest BCUT2D eigenvalue weighted by Crippen LogP contribution is 2.43. The first-order chi connectivity index (χ1) is 17.6. The molecule has 0 atom stereocenters. The number of aromatic nitrogens is 1. The molecule has 0 spiro atoms. The van der Waals surface area contributed by atoms with E-state index < -0.39 is 0 Å². The number of hydrogen-bond donors (Lipinski definition) is 1. The fraction of sp³-hybridized carbons (Fsp3) is 0.393. The second-order valence-corrected chi connectivity index (χ2v) is 8.55. The summed E-state index contributed by atoms with van der Waals surface area (Å²) in [6.07, 6.45) is 3.86. The molecular weight excluding hydrogens is 529 g/mol. The van der Waals surface area contributed by atoms with Gasteiger partial charge in [-0.1, -0.05) is 12.1 Å². The molecule has 4 rings (SSSR count). The molecule has 0 radical (unpaired) electrons. The van der Waals surface area contributed by atoms with E-state index in [9.17, 15) is 0 Å². The summed E-state index contributed by atoms with van der Waals surface area (Å²) < 4.78 is 28.2. The first-order valence-electron chi connectivity index (χ1n) is 12.1. The second-order valence-electron chi connectivity index (χ2n) is 8.55. The van der Waals surface area contributed by atoms with Gasteiger partial charge in [0.05, 0.1) is 46.9 Å². The third-order valence-corrected chi connectivity index (χ3v) is 6.61. The molecule has 8 nitrogen and oxygen atoms in total. The number of methoxy groups -OCH3 is 5. The summed E-state index contributed by atoms with van der Waals surface area (Å²) in [4.78, 5) is 7.19. The lowest BCUT2D eigenvalue weighted by atomic mass is 10.00. The van der Waals surface area contributed by atoms with Crippen molar-refractivity contribution >= 4 is 30.5 Å². The van der Waals surface area contributed by atoms with Crippen molar-refractivity contribution in [2.24, 2.45) is 0 Å². The molecule has 1 aliphatic rings. The van der Waals surface area contributed by atoms with E-state index in [1.54, 1.807) is 35.5 Å². The van der Waals surface area contributed by atoms with Gasteiger partial charge >= 0.3 is 0 Å². The van der Waals surface area contributed by atoms with E-state index in [-0.39, 0.29) is 24.8 Å². The quantitative estimate of drug-likeness (QED) is 0.350. The largest absolute Gasteiger partial charge is 0.493 e. The summed E-state index contributed by atoms with van der Waals surface area (Å²) in [5.74, 6) is 3.18. The van der Waals surface area contributed by atoms with Gasteiger partial charge in [0.15, 0.2) is 23.0 Å². The van der Waals surface area contributed by atoms with Gasteiger partial charge in [0, 0.05) is 24.3 Å². The van der Waals surface area contributed by atoms with E-state index in [2.05, 4.69) is 22.3 Å². The monoisotopic (exact) mass is 565 g/mol. The first-order valence-corrected chi connectivity index (χ1v) is 12.1. The zero-order valence-electron chi connectivity index (χ0n) is 22.5. The highest BCUT2D eigenvalue weighted by Gasteiger charge is 2.27. The van der Waals surface area contributed by atoms with Crippen LogP contribution in [-0.4, -0.2) is 59.7 Å². The minimum Gasteiger partial charge on any atom is -0.493 e. The summed E-state index contributed by atoms with van der Waals surface area (Å²) in [6.45, 7) is 2.59. The molecule has 1 aromatic heterocycles. The van der Waals surface area contributed by atoms with E-state index >= 15 is 0 Å². The molecule has 1 saturated heterocycles. The van der Waals surface area contributed by atoms with E-state index in [0.717, 1.165) is 54.2 Å². The number of piperidine rings is 1.